The molecule has 0 aromatic heterocycles. The lowest BCUT2D eigenvalue weighted by atomic mass is 9.65. The van der Waals surface area contributed by atoms with Crippen LogP contribution in [0.3, 0.4) is 0 Å². The lowest BCUT2D eigenvalue weighted by Crippen LogP contribution is -2.48. The van der Waals surface area contributed by atoms with Crippen LogP contribution >= 0.6 is 11.8 Å². The van der Waals surface area contributed by atoms with Crippen molar-refractivity contribution < 1.29 is 4.79 Å². The Kier molecular flexibility index (Phi) is 4.55. The number of nitrogens with two attached hydrogens (primary N) is 1. The van der Waals surface area contributed by atoms with Crippen LogP contribution < -0.4 is 11.1 Å². The average molecular weight is 304 g/mol. The molecule has 0 saturated heterocycles. The summed E-state index contributed by atoms with van der Waals surface area (Å²) in [6.07, 6.45) is 7.64. The maximum absolute atomic E-state index is 12.6. The minimum atomic E-state index is 0.134. The Labute approximate surface area is 131 Å². The highest BCUT2D eigenvalue weighted by molar-refractivity contribution is 7.98. The van der Waals surface area contributed by atoms with E-state index in [1.807, 2.05) is 30.5 Å². The SMILES string of the molecule is CSc1ccccc1NC(=O)C1CC2CCCC(C1)C2N. The molecule has 0 radical (unpaired) electrons. The van der Waals surface area contributed by atoms with E-state index >= 15 is 0 Å². The molecule has 2 fully saturated rings. The second kappa shape index (κ2) is 6.41. The summed E-state index contributed by atoms with van der Waals surface area (Å²) in [7, 11) is 0. The molecule has 0 heterocycles. The Morgan fingerprint density at radius 1 is 1.24 bits per heavy atom. The third kappa shape index (κ3) is 3.11. The molecule has 2 aliphatic rings. The van der Waals surface area contributed by atoms with Crippen molar-refractivity contribution >= 4 is 23.4 Å². The number of thioether (sulfide) groups is 1. The first-order valence-electron chi connectivity index (χ1n) is 7.88. The van der Waals surface area contributed by atoms with Crippen molar-refractivity contribution in [1.29, 1.82) is 0 Å². The maximum Gasteiger partial charge on any atom is 0.227 e. The molecule has 3 rings (SSSR count). The first kappa shape index (κ1) is 14.9. The molecule has 3 nitrogen and oxygen atoms in total. The second-order valence-corrected chi connectivity index (χ2v) is 7.23. The van der Waals surface area contributed by atoms with Crippen molar-refractivity contribution in [3.63, 3.8) is 0 Å². The van der Waals surface area contributed by atoms with Gasteiger partial charge in [-0.2, -0.15) is 0 Å². The molecule has 4 heteroatoms. The zero-order chi connectivity index (χ0) is 14.8. The van der Waals surface area contributed by atoms with Crippen LogP contribution in [0.1, 0.15) is 32.1 Å². The molecule has 21 heavy (non-hydrogen) atoms. The molecule has 2 unspecified atom stereocenters. The summed E-state index contributed by atoms with van der Waals surface area (Å²) in [4.78, 5) is 13.7. The summed E-state index contributed by atoms with van der Waals surface area (Å²) in [5, 5.41) is 3.13. The molecule has 1 aromatic carbocycles. The van der Waals surface area contributed by atoms with E-state index in [4.69, 9.17) is 5.73 Å². The molecule has 2 aliphatic carbocycles. The van der Waals surface area contributed by atoms with Gasteiger partial charge in [-0.1, -0.05) is 18.6 Å². The largest absolute Gasteiger partial charge is 0.327 e. The highest BCUT2D eigenvalue weighted by Gasteiger charge is 2.40. The standard InChI is InChI=1S/C17H24N2OS/c1-21-15-8-3-2-7-14(15)19-17(20)13-9-11-5-4-6-12(10-13)16(11)18/h2-3,7-8,11-13,16H,4-6,9-10,18H2,1H3,(H,19,20). The van der Waals surface area contributed by atoms with Gasteiger partial charge in [0.15, 0.2) is 0 Å². The van der Waals surface area contributed by atoms with Gasteiger partial charge >= 0.3 is 0 Å². The number of fused-ring (bicyclic) bond motifs is 2. The number of benzene rings is 1. The van der Waals surface area contributed by atoms with Gasteiger partial charge in [-0.05, 0) is 55.9 Å². The molecule has 2 saturated carbocycles. The molecule has 2 atom stereocenters. The van der Waals surface area contributed by atoms with Crippen molar-refractivity contribution in [3.05, 3.63) is 24.3 Å². The van der Waals surface area contributed by atoms with E-state index in [2.05, 4.69) is 5.32 Å². The van der Waals surface area contributed by atoms with E-state index in [0.717, 1.165) is 23.4 Å². The zero-order valence-corrected chi connectivity index (χ0v) is 13.4. The predicted octanol–water partition coefficient (Wildman–Crippen LogP) is 3.50. The van der Waals surface area contributed by atoms with Gasteiger partial charge in [0, 0.05) is 16.9 Å². The zero-order valence-electron chi connectivity index (χ0n) is 12.5. The predicted molar refractivity (Wildman–Crippen MR) is 88.4 cm³/mol. The van der Waals surface area contributed by atoms with Crippen molar-refractivity contribution in [2.24, 2.45) is 23.5 Å². The number of para-hydroxylation sites is 1. The normalized spacial score (nSPS) is 31.7. The first-order valence-corrected chi connectivity index (χ1v) is 9.11. The van der Waals surface area contributed by atoms with Crippen LogP contribution in [0.5, 0.6) is 0 Å². The van der Waals surface area contributed by atoms with E-state index in [1.54, 1.807) is 11.8 Å². The number of hydrogen-bond acceptors (Lipinski definition) is 3. The number of hydrogen-bond donors (Lipinski definition) is 2. The van der Waals surface area contributed by atoms with Crippen LogP contribution in [-0.2, 0) is 4.79 Å². The fourth-order valence-corrected chi connectivity index (χ4v) is 4.54. The van der Waals surface area contributed by atoms with Crippen LogP contribution in [-0.4, -0.2) is 18.2 Å². The van der Waals surface area contributed by atoms with Crippen LogP contribution in [0.4, 0.5) is 5.69 Å². The molecular weight excluding hydrogens is 280 g/mol. The molecule has 2 bridgehead atoms. The Bertz CT molecular complexity index is 505. The Morgan fingerprint density at radius 3 is 2.57 bits per heavy atom. The van der Waals surface area contributed by atoms with Gasteiger partial charge < -0.3 is 11.1 Å². The Hall–Kier alpha value is -1.00. The Balaban J connectivity index is 1.68. The Morgan fingerprint density at radius 2 is 1.90 bits per heavy atom. The first-order chi connectivity index (χ1) is 10.2. The number of carbonyl (C=O) groups is 1. The molecule has 1 amide bonds. The molecule has 3 N–H and O–H groups in total. The van der Waals surface area contributed by atoms with Gasteiger partial charge in [0.1, 0.15) is 0 Å². The van der Waals surface area contributed by atoms with Crippen LogP contribution in [0.15, 0.2) is 29.2 Å². The van der Waals surface area contributed by atoms with E-state index < -0.39 is 0 Å². The molecule has 114 valence electrons. The van der Waals surface area contributed by atoms with Gasteiger partial charge in [0.25, 0.3) is 0 Å². The van der Waals surface area contributed by atoms with Crippen molar-refractivity contribution in [1.82, 2.24) is 0 Å². The molecule has 0 spiro atoms. The molecule has 1 aromatic rings. The van der Waals surface area contributed by atoms with E-state index in [-0.39, 0.29) is 11.8 Å². The number of anilines is 1. The topological polar surface area (TPSA) is 55.1 Å². The molecular formula is C17H24N2OS. The van der Waals surface area contributed by atoms with E-state index in [1.165, 1.54) is 19.3 Å². The third-order valence-electron chi connectivity index (χ3n) is 5.15. The molecule has 0 aliphatic heterocycles. The van der Waals surface area contributed by atoms with Crippen LogP contribution in [0, 0.1) is 17.8 Å². The van der Waals surface area contributed by atoms with Crippen molar-refractivity contribution in [2.45, 2.75) is 43.0 Å². The second-order valence-electron chi connectivity index (χ2n) is 6.39. The van der Waals surface area contributed by atoms with Crippen molar-refractivity contribution in [3.8, 4) is 0 Å². The number of amides is 1. The van der Waals surface area contributed by atoms with E-state index in [0.29, 0.717) is 17.9 Å². The third-order valence-corrected chi connectivity index (χ3v) is 5.94. The van der Waals surface area contributed by atoms with Crippen LogP contribution in [0.25, 0.3) is 0 Å². The van der Waals surface area contributed by atoms with Gasteiger partial charge in [-0.25, -0.2) is 0 Å². The highest BCUT2D eigenvalue weighted by atomic mass is 32.2. The highest BCUT2D eigenvalue weighted by Crippen LogP contribution is 2.42. The maximum atomic E-state index is 12.6. The summed E-state index contributed by atoms with van der Waals surface area (Å²) in [6.45, 7) is 0. The lowest BCUT2D eigenvalue weighted by molar-refractivity contribution is -0.122. The summed E-state index contributed by atoms with van der Waals surface area (Å²) in [5.41, 5.74) is 7.25. The number of nitrogens with one attached hydrogen (secondary N) is 1. The average Bonchev–Trinajstić information content (AvgIpc) is 2.47. The van der Waals surface area contributed by atoms with Gasteiger partial charge in [0.05, 0.1) is 5.69 Å². The van der Waals surface area contributed by atoms with Crippen molar-refractivity contribution in [2.75, 3.05) is 11.6 Å². The van der Waals surface area contributed by atoms with Crippen LogP contribution in [0.2, 0.25) is 0 Å². The van der Waals surface area contributed by atoms with E-state index in [9.17, 15) is 4.79 Å². The number of rotatable bonds is 3. The monoisotopic (exact) mass is 304 g/mol. The number of carbonyl (C=O) groups excluding carboxylic acids is 1. The summed E-state index contributed by atoms with van der Waals surface area (Å²) in [6, 6.07) is 8.33. The smallest absolute Gasteiger partial charge is 0.227 e. The minimum Gasteiger partial charge on any atom is -0.327 e. The summed E-state index contributed by atoms with van der Waals surface area (Å²) < 4.78 is 0. The van der Waals surface area contributed by atoms with Gasteiger partial charge in [0.2, 0.25) is 5.91 Å². The summed E-state index contributed by atoms with van der Waals surface area (Å²) in [5.74, 6) is 1.41. The van der Waals surface area contributed by atoms with Gasteiger partial charge in [-0.3, -0.25) is 4.79 Å². The lowest BCUT2D eigenvalue weighted by Gasteiger charge is -2.43. The summed E-state index contributed by atoms with van der Waals surface area (Å²) >= 11 is 1.67. The fourth-order valence-electron chi connectivity index (χ4n) is 3.99. The quantitative estimate of drug-likeness (QED) is 0.840. The fraction of sp³-hybridized carbons (Fsp3) is 0.588. The van der Waals surface area contributed by atoms with Gasteiger partial charge in [-0.15, -0.1) is 11.8 Å². The minimum absolute atomic E-state index is 0.134.